The van der Waals surface area contributed by atoms with Crippen LogP contribution in [-0.4, -0.2) is 14.9 Å². The van der Waals surface area contributed by atoms with Gasteiger partial charge in [-0.25, -0.2) is 4.98 Å². The third-order valence-electron chi connectivity index (χ3n) is 2.12. The molecule has 0 fully saturated rings. The molecule has 9 heteroatoms. The fraction of sp³-hybridized carbons (Fsp3) is 0.111. The molecule has 0 aliphatic heterocycles. The molecule has 0 spiro atoms. The minimum Gasteiger partial charge on any atom is -0.423 e. The maximum Gasteiger partial charge on any atom is 0.453 e. The zero-order valence-electron chi connectivity index (χ0n) is 8.29. The van der Waals surface area contributed by atoms with Crippen molar-refractivity contribution in [3.63, 3.8) is 0 Å². The molecule has 1 aromatic heterocycles. The number of hydrogen-bond acceptors (Lipinski definition) is 3. The SMILES string of the molecule is O=c1c2cc(Cl)cc(Cl)c2nc(C(F)(F)F)n1O. The highest BCUT2D eigenvalue weighted by molar-refractivity contribution is 6.38. The molecule has 0 amide bonds. The van der Waals surface area contributed by atoms with E-state index in [1.165, 1.54) is 0 Å². The number of fused-ring (bicyclic) bond motifs is 1. The normalized spacial score (nSPS) is 12.1. The van der Waals surface area contributed by atoms with Crippen molar-refractivity contribution >= 4 is 34.1 Å². The highest BCUT2D eigenvalue weighted by atomic mass is 35.5. The van der Waals surface area contributed by atoms with Crippen molar-refractivity contribution in [3.05, 3.63) is 38.4 Å². The van der Waals surface area contributed by atoms with Crippen LogP contribution in [0.15, 0.2) is 16.9 Å². The van der Waals surface area contributed by atoms with Gasteiger partial charge in [-0.3, -0.25) is 4.79 Å². The lowest BCUT2D eigenvalue weighted by Crippen LogP contribution is -2.28. The van der Waals surface area contributed by atoms with Gasteiger partial charge in [0, 0.05) is 5.02 Å². The molecule has 1 N–H and O–H groups in total. The predicted molar refractivity (Wildman–Crippen MR) is 58.2 cm³/mol. The lowest BCUT2D eigenvalue weighted by Gasteiger charge is -2.10. The Bertz CT molecular complexity index is 697. The van der Waals surface area contributed by atoms with E-state index in [0.29, 0.717) is 0 Å². The minimum atomic E-state index is -4.98. The fourth-order valence-corrected chi connectivity index (χ4v) is 1.93. The highest BCUT2D eigenvalue weighted by Gasteiger charge is 2.38. The maximum absolute atomic E-state index is 12.5. The summed E-state index contributed by atoms with van der Waals surface area (Å²) < 4.78 is 37.0. The predicted octanol–water partition coefficient (Wildman–Crippen LogP) is 2.96. The third-order valence-corrected chi connectivity index (χ3v) is 2.63. The van der Waals surface area contributed by atoms with Crippen molar-refractivity contribution in [3.8, 4) is 0 Å². The van der Waals surface area contributed by atoms with Crippen LogP contribution in [0.1, 0.15) is 5.82 Å². The Morgan fingerprint density at radius 3 is 2.44 bits per heavy atom. The molecule has 18 heavy (non-hydrogen) atoms. The zero-order chi connectivity index (χ0) is 13.7. The Kier molecular flexibility index (Phi) is 2.90. The van der Waals surface area contributed by atoms with Crippen LogP contribution in [0.2, 0.25) is 10.0 Å². The molecule has 0 saturated heterocycles. The van der Waals surface area contributed by atoms with Gasteiger partial charge in [0.25, 0.3) is 11.4 Å². The third kappa shape index (κ3) is 1.99. The van der Waals surface area contributed by atoms with Crippen molar-refractivity contribution in [1.29, 1.82) is 0 Å². The van der Waals surface area contributed by atoms with Crippen LogP contribution in [0.25, 0.3) is 10.9 Å². The molecule has 96 valence electrons. The molecule has 0 bridgehead atoms. The number of benzene rings is 1. The number of nitrogens with zero attached hydrogens (tertiary/aromatic N) is 2. The summed E-state index contributed by atoms with van der Waals surface area (Å²) in [6, 6.07) is 2.23. The monoisotopic (exact) mass is 298 g/mol. The smallest absolute Gasteiger partial charge is 0.423 e. The maximum atomic E-state index is 12.5. The van der Waals surface area contributed by atoms with Crippen molar-refractivity contribution in [2.24, 2.45) is 0 Å². The van der Waals surface area contributed by atoms with Crippen molar-refractivity contribution < 1.29 is 18.4 Å². The summed E-state index contributed by atoms with van der Waals surface area (Å²) in [6.07, 6.45) is -4.98. The van der Waals surface area contributed by atoms with Crippen molar-refractivity contribution in [2.45, 2.75) is 6.18 Å². The van der Waals surface area contributed by atoms with Gasteiger partial charge in [-0.2, -0.15) is 13.2 Å². The first-order valence-electron chi connectivity index (χ1n) is 4.40. The van der Waals surface area contributed by atoms with Gasteiger partial charge in [-0.1, -0.05) is 23.2 Å². The van der Waals surface area contributed by atoms with Crippen molar-refractivity contribution in [2.75, 3.05) is 0 Å². The molecule has 2 aromatic rings. The number of aromatic nitrogens is 2. The molecule has 0 radical (unpaired) electrons. The van der Waals surface area contributed by atoms with E-state index in [1.807, 2.05) is 0 Å². The molecule has 1 heterocycles. The minimum absolute atomic E-state index is 0.0474. The van der Waals surface area contributed by atoms with Crippen LogP contribution in [0.5, 0.6) is 0 Å². The van der Waals surface area contributed by atoms with Gasteiger partial charge >= 0.3 is 6.18 Å². The first kappa shape index (κ1) is 13.0. The number of rotatable bonds is 0. The molecule has 0 unspecified atom stereocenters. The van der Waals surface area contributed by atoms with Crippen LogP contribution in [0.4, 0.5) is 13.2 Å². The van der Waals surface area contributed by atoms with Gasteiger partial charge in [-0.05, 0) is 12.1 Å². The van der Waals surface area contributed by atoms with Gasteiger partial charge in [-0.15, -0.1) is 4.73 Å². The molecule has 0 aliphatic carbocycles. The Hall–Kier alpha value is -1.47. The summed E-state index contributed by atoms with van der Waals surface area (Å²) >= 11 is 11.3. The number of hydrogen-bond donors (Lipinski definition) is 1. The summed E-state index contributed by atoms with van der Waals surface area (Å²) in [4.78, 5) is 14.7. The molecule has 0 saturated carbocycles. The Labute approximate surface area is 107 Å². The second kappa shape index (κ2) is 4.03. The standard InChI is InChI=1S/C9H3Cl2F3N2O2/c10-3-1-4-6(5(11)2-3)15-8(9(12,13)14)16(18)7(4)17/h1-2,18H. The molecule has 1 aromatic carbocycles. The molecule has 4 nitrogen and oxygen atoms in total. The average molecular weight is 299 g/mol. The topological polar surface area (TPSA) is 55.1 Å². The van der Waals surface area contributed by atoms with Crippen molar-refractivity contribution in [1.82, 2.24) is 9.71 Å². The Morgan fingerprint density at radius 2 is 1.89 bits per heavy atom. The first-order chi connectivity index (χ1) is 8.21. The van der Waals surface area contributed by atoms with Crippen LogP contribution >= 0.6 is 23.2 Å². The van der Waals surface area contributed by atoms with Crippen LogP contribution in [0, 0.1) is 0 Å². The summed E-state index contributed by atoms with van der Waals surface area (Å²) in [6.45, 7) is 0. The van der Waals surface area contributed by atoms with E-state index in [2.05, 4.69) is 4.98 Å². The lowest BCUT2D eigenvalue weighted by molar-refractivity contribution is -0.155. The second-order valence-corrected chi connectivity index (χ2v) is 4.18. The van der Waals surface area contributed by atoms with Gasteiger partial charge in [0.05, 0.1) is 15.9 Å². The Morgan fingerprint density at radius 1 is 1.28 bits per heavy atom. The highest BCUT2D eigenvalue weighted by Crippen LogP contribution is 2.30. The largest absolute Gasteiger partial charge is 0.453 e. The summed E-state index contributed by atoms with van der Waals surface area (Å²) in [5.74, 6) is -1.75. The summed E-state index contributed by atoms with van der Waals surface area (Å²) in [5.41, 5.74) is -1.67. The zero-order valence-corrected chi connectivity index (χ0v) is 9.81. The molecular formula is C9H3Cl2F3N2O2. The van der Waals surface area contributed by atoms with Gasteiger partial charge in [0.15, 0.2) is 0 Å². The summed E-state index contributed by atoms with van der Waals surface area (Å²) in [7, 11) is 0. The van der Waals surface area contributed by atoms with Crippen LogP contribution in [-0.2, 0) is 6.18 Å². The van der Waals surface area contributed by atoms with E-state index in [-0.39, 0.29) is 20.9 Å². The molecule has 2 rings (SSSR count). The molecule has 0 atom stereocenters. The van der Waals surface area contributed by atoms with Gasteiger partial charge in [0.1, 0.15) is 0 Å². The number of alkyl halides is 3. The van der Waals surface area contributed by atoms with Gasteiger partial charge < -0.3 is 5.21 Å². The molecular weight excluding hydrogens is 296 g/mol. The quantitative estimate of drug-likeness (QED) is 0.761. The van der Waals surface area contributed by atoms with E-state index in [1.54, 1.807) is 0 Å². The van der Waals surface area contributed by atoms with Crippen LogP contribution < -0.4 is 5.56 Å². The average Bonchev–Trinajstić information content (AvgIpc) is 2.22. The summed E-state index contributed by atoms with van der Waals surface area (Å²) in [5, 5.41) is 8.69. The second-order valence-electron chi connectivity index (χ2n) is 3.33. The number of halogens is 5. The molecule has 0 aliphatic rings. The fourth-order valence-electron chi connectivity index (χ4n) is 1.39. The van der Waals surface area contributed by atoms with E-state index in [0.717, 1.165) is 12.1 Å². The lowest BCUT2D eigenvalue weighted by atomic mass is 10.2. The van der Waals surface area contributed by atoms with Gasteiger partial charge in [0.2, 0.25) is 0 Å². The van der Waals surface area contributed by atoms with Crippen LogP contribution in [0.3, 0.4) is 0 Å². The van der Waals surface area contributed by atoms with E-state index in [9.17, 15) is 18.0 Å². The van der Waals surface area contributed by atoms with E-state index >= 15 is 0 Å². The Balaban J connectivity index is 2.98. The van der Waals surface area contributed by atoms with E-state index < -0.39 is 22.3 Å². The first-order valence-corrected chi connectivity index (χ1v) is 5.15. The van der Waals surface area contributed by atoms with E-state index in [4.69, 9.17) is 28.4 Å².